The van der Waals surface area contributed by atoms with Crippen molar-refractivity contribution in [3.05, 3.63) is 146 Å². The van der Waals surface area contributed by atoms with Crippen LogP contribution >= 0.6 is 0 Å². The first kappa shape index (κ1) is 24.3. The van der Waals surface area contributed by atoms with Gasteiger partial charge in [-0.1, -0.05) is 78.9 Å². The highest BCUT2D eigenvalue weighted by Crippen LogP contribution is 2.41. The van der Waals surface area contributed by atoms with Gasteiger partial charge in [0.25, 0.3) is 0 Å². The Kier molecular flexibility index (Phi) is 4.93. The number of fused-ring (bicyclic) bond motifs is 10. The third kappa shape index (κ3) is 3.43. The smallest absolute Gasteiger partial charge is 0.235 e. The number of furan rings is 1. The maximum Gasteiger partial charge on any atom is 0.235 e. The fourth-order valence-corrected chi connectivity index (χ4v) is 7.07. The van der Waals surface area contributed by atoms with E-state index < -0.39 is 0 Å². The molecule has 0 atom stereocenters. The average Bonchev–Trinajstić information content (AvgIpc) is 3.76. The molecule has 10 aromatic rings. The zero-order chi connectivity index (χ0) is 29.5. The molecule has 0 radical (unpaired) electrons. The molecule has 0 unspecified atom stereocenters. The van der Waals surface area contributed by atoms with Crippen LogP contribution in [0.3, 0.4) is 0 Å². The Balaban J connectivity index is 1.28. The fourth-order valence-electron chi connectivity index (χ4n) is 7.07. The molecule has 0 saturated carbocycles. The van der Waals surface area contributed by atoms with Crippen LogP contribution in [0.2, 0.25) is 0 Å². The van der Waals surface area contributed by atoms with Crippen LogP contribution in [0.5, 0.6) is 0 Å². The highest BCUT2D eigenvalue weighted by molar-refractivity contribution is 6.26. The van der Waals surface area contributed by atoms with Crippen molar-refractivity contribution in [2.45, 2.75) is 0 Å². The largest absolute Gasteiger partial charge is 0.456 e. The molecule has 5 heteroatoms. The van der Waals surface area contributed by atoms with Gasteiger partial charge in [0, 0.05) is 49.8 Å². The molecule has 0 saturated heterocycles. The van der Waals surface area contributed by atoms with Crippen LogP contribution in [0.4, 0.5) is 0 Å². The Bertz CT molecular complexity index is 2770. The predicted molar refractivity (Wildman–Crippen MR) is 183 cm³/mol. The standard InChI is InChI=1S/C40H24N4O/c1-2-10-26(11-3-1)43-34-16-8-5-14-30(34)38-35(43)20-19-29-27-12-4-7-15-33(27)44(39(29)38)40-41-23-22-32(42-40)25-18-21-37-31(24-25)28-13-6-9-17-36(28)45-37/h1-24H. The molecular weight excluding hydrogens is 552 g/mol. The highest BCUT2D eigenvalue weighted by atomic mass is 16.3. The number of hydrogen-bond donors (Lipinski definition) is 0. The van der Waals surface area contributed by atoms with Crippen LogP contribution in [0, 0.1) is 0 Å². The molecule has 0 N–H and O–H groups in total. The zero-order valence-corrected chi connectivity index (χ0v) is 24.1. The summed E-state index contributed by atoms with van der Waals surface area (Å²) >= 11 is 0. The Morgan fingerprint density at radius 1 is 0.489 bits per heavy atom. The van der Waals surface area contributed by atoms with Crippen LogP contribution in [-0.4, -0.2) is 19.1 Å². The van der Waals surface area contributed by atoms with E-state index in [0.29, 0.717) is 5.95 Å². The lowest BCUT2D eigenvalue weighted by atomic mass is 10.1. The Hall–Kier alpha value is -6.20. The van der Waals surface area contributed by atoms with Crippen LogP contribution in [0.1, 0.15) is 0 Å². The SMILES string of the molecule is c1ccc(-n2c3ccccc3c3c2ccc2c4ccccc4n(-c4nccc(-c5ccc6oc7ccccc7c6c5)n4)c23)cc1. The van der Waals surface area contributed by atoms with Crippen LogP contribution in [0.25, 0.3) is 88.4 Å². The summed E-state index contributed by atoms with van der Waals surface area (Å²) in [7, 11) is 0. The Morgan fingerprint density at radius 2 is 1.20 bits per heavy atom. The van der Waals surface area contributed by atoms with E-state index in [1.807, 2.05) is 36.5 Å². The first-order valence-electron chi connectivity index (χ1n) is 15.1. The van der Waals surface area contributed by atoms with E-state index in [9.17, 15) is 0 Å². The zero-order valence-electron chi connectivity index (χ0n) is 24.1. The van der Waals surface area contributed by atoms with Crippen LogP contribution in [0.15, 0.2) is 150 Å². The molecule has 0 spiro atoms. The van der Waals surface area contributed by atoms with E-state index in [-0.39, 0.29) is 0 Å². The summed E-state index contributed by atoms with van der Waals surface area (Å²) in [6, 6.07) is 48.7. The van der Waals surface area contributed by atoms with Gasteiger partial charge >= 0.3 is 0 Å². The number of aromatic nitrogens is 4. The van der Waals surface area contributed by atoms with Gasteiger partial charge in [-0.25, -0.2) is 9.97 Å². The van der Waals surface area contributed by atoms with Gasteiger partial charge in [-0.2, -0.15) is 0 Å². The van der Waals surface area contributed by atoms with Crippen LogP contribution in [-0.2, 0) is 0 Å². The van der Waals surface area contributed by atoms with Crippen LogP contribution < -0.4 is 0 Å². The second-order valence-electron chi connectivity index (χ2n) is 11.4. The predicted octanol–water partition coefficient (Wildman–Crippen LogP) is 10.2. The Labute approximate surface area is 257 Å². The lowest BCUT2D eigenvalue weighted by molar-refractivity contribution is 0.669. The summed E-state index contributed by atoms with van der Waals surface area (Å²) in [4.78, 5) is 10.1. The van der Waals surface area contributed by atoms with Gasteiger partial charge in [-0.15, -0.1) is 0 Å². The second-order valence-corrected chi connectivity index (χ2v) is 11.4. The van der Waals surface area contributed by atoms with Gasteiger partial charge in [-0.05, 0) is 60.7 Å². The molecule has 45 heavy (non-hydrogen) atoms. The quantitative estimate of drug-likeness (QED) is 0.210. The molecule has 0 bridgehead atoms. The molecular formula is C40H24N4O. The van der Waals surface area contributed by atoms with Gasteiger partial charge in [0.1, 0.15) is 11.2 Å². The minimum Gasteiger partial charge on any atom is -0.456 e. The number of hydrogen-bond acceptors (Lipinski definition) is 3. The Morgan fingerprint density at radius 3 is 2.07 bits per heavy atom. The summed E-state index contributed by atoms with van der Waals surface area (Å²) in [5.41, 5.74) is 9.25. The van der Waals surface area contributed by atoms with E-state index in [2.05, 4.69) is 118 Å². The molecule has 5 nitrogen and oxygen atoms in total. The summed E-state index contributed by atoms with van der Waals surface area (Å²) in [6.45, 7) is 0. The minimum absolute atomic E-state index is 0.639. The molecule has 4 heterocycles. The first-order chi connectivity index (χ1) is 22.3. The van der Waals surface area contributed by atoms with E-state index in [1.54, 1.807) is 0 Å². The number of rotatable bonds is 3. The monoisotopic (exact) mass is 576 g/mol. The van der Waals surface area contributed by atoms with Gasteiger partial charge < -0.3 is 8.98 Å². The van der Waals surface area contributed by atoms with Gasteiger partial charge in [0.05, 0.1) is 27.8 Å². The van der Waals surface area contributed by atoms with Crippen molar-refractivity contribution in [2.24, 2.45) is 0 Å². The number of para-hydroxylation sites is 4. The third-order valence-corrected chi connectivity index (χ3v) is 9.00. The molecule has 0 fully saturated rings. The maximum absolute atomic E-state index is 6.09. The maximum atomic E-state index is 6.09. The number of nitrogens with zero attached hydrogens (tertiary/aromatic N) is 4. The highest BCUT2D eigenvalue weighted by Gasteiger charge is 2.22. The van der Waals surface area contributed by atoms with E-state index in [1.165, 1.54) is 27.1 Å². The summed E-state index contributed by atoms with van der Waals surface area (Å²) < 4.78 is 10.7. The molecule has 4 aromatic heterocycles. The van der Waals surface area contributed by atoms with Gasteiger partial charge in [-0.3, -0.25) is 4.57 Å². The minimum atomic E-state index is 0.639. The third-order valence-electron chi connectivity index (χ3n) is 9.00. The molecule has 6 aromatic carbocycles. The average molecular weight is 577 g/mol. The van der Waals surface area contributed by atoms with Gasteiger partial charge in [0.2, 0.25) is 5.95 Å². The molecule has 0 aliphatic rings. The molecule has 0 amide bonds. The van der Waals surface area contributed by atoms with Crippen molar-refractivity contribution in [3.8, 4) is 22.9 Å². The summed E-state index contributed by atoms with van der Waals surface area (Å²) in [5.74, 6) is 0.639. The number of benzene rings is 6. The van der Waals surface area contributed by atoms with Crippen molar-refractivity contribution < 1.29 is 4.42 Å². The first-order valence-corrected chi connectivity index (χ1v) is 15.1. The fraction of sp³-hybridized carbons (Fsp3) is 0. The molecule has 0 aliphatic carbocycles. The topological polar surface area (TPSA) is 48.8 Å². The van der Waals surface area contributed by atoms with Crippen molar-refractivity contribution in [1.29, 1.82) is 0 Å². The van der Waals surface area contributed by atoms with Crippen molar-refractivity contribution in [3.63, 3.8) is 0 Å². The second kappa shape index (κ2) is 9.15. The van der Waals surface area contributed by atoms with Crippen molar-refractivity contribution >= 4 is 65.6 Å². The summed E-state index contributed by atoms with van der Waals surface area (Å²) in [6.07, 6.45) is 1.86. The lowest BCUT2D eigenvalue weighted by Crippen LogP contribution is -2.02. The molecule has 10 rings (SSSR count). The van der Waals surface area contributed by atoms with Gasteiger partial charge in [0.15, 0.2) is 0 Å². The van der Waals surface area contributed by atoms with E-state index in [4.69, 9.17) is 14.4 Å². The van der Waals surface area contributed by atoms with E-state index in [0.717, 1.165) is 55.4 Å². The van der Waals surface area contributed by atoms with Crippen molar-refractivity contribution in [2.75, 3.05) is 0 Å². The normalized spacial score (nSPS) is 12.0. The van der Waals surface area contributed by atoms with E-state index >= 15 is 0 Å². The van der Waals surface area contributed by atoms with Crippen molar-refractivity contribution in [1.82, 2.24) is 19.1 Å². The molecule has 0 aliphatic heterocycles. The summed E-state index contributed by atoms with van der Waals surface area (Å²) in [5, 5.41) is 6.90. The molecule has 210 valence electrons. The lowest BCUT2D eigenvalue weighted by Gasteiger charge is -2.10.